The van der Waals surface area contributed by atoms with Crippen molar-refractivity contribution in [1.82, 2.24) is 15.1 Å². The van der Waals surface area contributed by atoms with Gasteiger partial charge < -0.3 is 15.0 Å². The average molecular weight is 377 g/mol. The Balaban J connectivity index is 1.42. The van der Waals surface area contributed by atoms with Crippen molar-refractivity contribution in [1.29, 1.82) is 0 Å². The molecule has 2 fully saturated rings. The molecule has 27 heavy (non-hydrogen) atoms. The highest BCUT2D eigenvalue weighted by Gasteiger charge is 2.47. The van der Waals surface area contributed by atoms with Crippen LogP contribution in [0.3, 0.4) is 0 Å². The molecule has 1 aliphatic heterocycles. The van der Waals surface area contributed by atoms with Gasteiger partial charge in [0.05, 0.1) is 18.4 Å². The molecule has 1 N–H and O–H groups in total. The van der Waals surface area contributed by atoms with Gasteiger partial charge >= 0.3 is 5.97 Å². The highest BCUT2D eigenvalue weighted by molar-refractivity contribution is 6.07. The first kappa shape index (κ1) is 19.1. The van der Waals surface area contributed by atoms with Gasteiger partial charge in [0.15, 0.2) is 6.61 Å². The van der Waals surface area contributed by atoms with E-state index in [0.717, 1.165) is 22.6 Å². The van der Waals surface area contributed by atoms with Crippen molar-refractivity contribution in [2.24, 2.45) is 11.8 Å². The Morgan fingerprint density at radius 3 is 2.30 bits per heavy atom. The van der Waals surface area contributed by atoms with E-state index >= 15 is 0 Å². The van der Waals surface area contributed by atoms with E-state index in [1.807, 2.05) is 12.2 Å². The molecule has 0 spiro atoms. The minimum Gasteiger partial charge on any atom is -0.454 e. The summed E-state index contributed by atoms with van der Waals surface area (Å²) >= 11 is 0. The maximum atomic E-state index is 12.3. The van der Waals surface area contributed by atoms with Gasteiger partial charge in [0.25, 0.3) is 5.91 Å². The Kier molecular flexibility index (Phi) is 5.57. The number of likely N-dealkylation sites (tertiary alicyclic amines) is 1. The topological polar surface area (TPSA) is 113 Å². The molecule has 9 nitrogen and oxygen atoms in total. The van der Waals surface area contributed by atoms with E-state index in [1.54, 1.807) is 0 Å². The monoisotopic (exact) mass is 377 g/mol. The fourth-order valence-corrected chi connectivity index (χ4v) is 3.26. The Hall–Kier alpha value is -2.71. The molecule has 0 unspecified atom stereocenters. The first-order chi connectivity index (χ1) is 12.9. The van der Waals surface area contributed by atoms with Gasteiger partial charge in [-0.2, -0.15) is 0 Å². The lowest BCUT2D eigenvalue weighted by atomic mass is 9.85. The van der Waals surface area contributed by atoms with Crippen LogP contribution in [-0.2, 0) is 28.7 Å². The number of imide groups is 1. The lowest BCUT2D eigenvalue weighted by molar-refractivity contribution is -0.156. The zero-order valence-corrected chi connectivity index (χ0v) is 15.2. The van der Waals surface area contributed by atoms with Crippen LogP contribution >= 0.6 is 0 Å². The molecule has 3 rings (SSSR count). The van der Waals surface area contributed by atoms with Crippen LogP contribution in [0.1, 0.15) is 25.7 Å². The number of rotatable bonds is 7. The van der Waals surface area contributed by atoms with Gasteiger partial charge in [0.1, 0.15) is 6.54 Å². The van der Waals surface area contributed by atoms with Gasteiger partial charge in [-0.25, -0.2) is 0 Å². The highest BCUT2D eigenvalue weighted by atomic mass is 16.5. The molecular formula is C18H23N3O6. The molecule has 9 heteroatoms. The second-order valence-electron chi connectivity index (χ2n) is 7.17. The second kappa shape index (κ2) is 7.89. The zero-order chi connectivity index (χ0) is 19.6. The molecule has 1 saturated heterocycles. The number of amides is 4. The van der Waals surface area contributed by atoms with Crippen molar-refractivity contribution < 1.29 is 28.7 Å². The molecule has 1 heterocycles. The van der Waals surface area contributed by atoms with E-state index in [-0.39, 0.29) is 30.3 Å². The Morgan fingerprint density at radius 1 is 1.15 bits per heavy atom. The average Bonchev–Trinajstić information content (AvgIpc) is 3.42. The van der Waals surface area contributed by atoms with Crippen LogP contribution in [0.25, 0.3) is 0 Å². The molecule has 146 valence electrons. The van der Waals surface area contributed by atoms with Crippen LogP contribution < -0.4 is 5.32 Å². The molecule has 0 aromatic carbocycles. The summed E-state index contributed by atoms with van der Waals surface area (Å²) in [6.07, 6.45) is 6.61. The molecule has 2 aliphatic carbocycles. The predicted octanol–water partition coefficient (Wildman–Crippen LogP) is -0.782. The zero-order valence-electron chi connectivity index (χ0n) is 15.2. The number of nitrogens with zero attached hydrogens (tertiary/aromatic N) is 2. The fraction of sp³-hybridized carbons (Fsp3) is 0.611. The molecule has 0 aromatic heterocycles. The number of nitrogens with one attached hydrogen (secondary N) is 1. The van der Waals surface area contributed by atoms with Crippen molar-refractivity contribution in [2.45, 2.75) is 31.7 Å². The lowest BCUT2D eigenvalue weighted by Crippen LogP contribution is -2.41. The minimum atomic E-state index is -0.826. The lowest BCUT2D eigenvalue weighted by Gasteiger charge is -2.17. The third kappa shape index (κ3) is 4.53. The molecule has 0 aromatic rings. The molecule has 3 aliphatic rings. The quantitative estimate of drug-likeness (QED) is 0.354. The number of likely N-dealkylation sites (N-methyl/N-ethyl adjacent to an activating group) is 1. The largest absolute Gasteiger partial charge is 0.454 e. The van der Waals surface area contributed by atoms with Crippen LogP contribution in [0.5, 0.6) is 0 Å². The Bertz CT molecular complexity index is 673. The Labute approximate surface area is 156 Å². The normalized spacial score (nSPS) is 23.8. The number of ether oxygens (including phenoxy) is 1. The number of fused-ring (bicyclic) bond motifs is 1. The summed E-state index contributed by atoms with van der Waals surface area (Å²) < 4.78 is 4.89. The predicted molar refractivity (Wildman–Crippen MR) is 91.8 cm³/mol. The van der Waals surface area contributed by atoms with Gasteiger partial charge in [-0.15, -0.1) is 0 Å². The van der Waals surface area contributed by atoms with Crippen LogP contribution in [0, 0.1) is 11.8 Å². The molecule has 4 amide bonds. The SMILES string of the molecule is CN(CC(=O)NC1CC1)C(=O)COC(=O)CN1C(=O)[C@H]2CC=CC[C@H]2C1=O. The van der Waals surface area contributed by atoms with Gasteiger partial charge in [0.2, 0.25) is 17.7 Å². The molecule has 1 saturated carbocycles. The summed E-state index contributed by atoms with van der Waals surface area (Å²) in [5.74, 6) is -3.18. The van der Waals surface area contributed by atoms with Crippen LogP contribution in [0.15, 0.2) is 12.2 Å². The third-order valence-electron chi connectivity index (χ3n) is 4.99. The van der Waals surface area contributed by atoms with Crippen LogP contribution in [-0.4, -0.2) is 72.2 Å². The molecule has 0 radical (unpaired) electrons. The first-order valence-electron chi connectivity index (χ1n) is 9.06. The molecular weight excluding hydrogens is 354 g/mol. The van der Waals surface area contributed by atoms with Gasteiger partial charge in [-0.05, 0) is 25.7 Å². The van der Waals surface area contributed by atoms with Gasteiger partial charge in [-0.3, -0.25) is 28.9 Å². The summed E-state index contributed by atoms with van der Waals surface area (Å²) in [5, 5.41) is 2.76. The summed E-state index contributed by atoms with van der Waals surface area (Å²) in [5.41, 5.74) is 0. The number of carbonyl (C=O) groups is 5. The number of allylic oxidation sites excluding steroid dienone is 2. The summed E-state index contributed by atoms with van der Waals surface area (Å²) in [6, 6.07) is 0.202. The van der Waals surface area contributed by atoms with Crippen molar-refractivity contribution >= 4 is 29.6 Å². The number of hydrogen-bond donors (Lipinski definition) is 1. The number of esters is 1. The number of hydrogen-bond acceptors (Lipinski definition) is 6. The summed E-state index contributed by atoms with van der Waals surface area (Å²) in [6.45, 7) is -1.16. The maximum absolute atomic E-state index is 12.3. The number of carbonyl (C=O) groups excluding carboxylic acids is 5. The first-order valence-corrected chi connectivity index (χ1v) is 9.06. The van der Waals surface area contributed by atoms with E-state index in [9.17, 15) is 24.0 Å². The van der Waals surface area contributed by atoms with Crippen molar-refractivity contribution in [2.75, 3.05) is 26.7 Å². The van der Waals surface area contributed by atoms with Gasteiger partial charge in [0, 0.05) is 13.1 Å². The maximum Gasteiger partial charge on any atom is 0.326 e. The molecule has 2 atom stereocenters. The summed E-state index contributed by atoms with van der Waals surface area (Å²) in [7, 11) is 1.44. The second-order valence-corrected chi connectivity index (χ2v) is 7.17. The van der Waals surface area contributed by atoms with Crippen LogP contribution in [0.2, 0.25) is 0 Å². The molecule has 0 bridgehead atoms. The van der Waals surface area contributed by atoms with Crippen molar-refractivity contribution in [3.63, 3.8) is 0 Å². The Morgan fingerprint density at radius 2 is 1.74 bits per heavy atom. The highest BCUT2D eigenvalue weighted by Crippen LogP contribution is 2.34. The van der Waals surface area contributed by atoms with Crippen LogP contribution in [0.4, 0.5) is 0 Å². The smallest absolute Gasteiger partial charge is 0.326 e. The van der Waals surface area contributed by atoms with E-state index in [4.69, 9.17) is 4.74 Å². The van der Waals surface area contributed by atoms with E-state index in [2.05, 4.69) is 5.32 Å². The van der Waals surface area contributed by atoms with Crippen molar-refractivity contribution in [3.05, 3.63) is 12.2 Å². The third-order valence-corrected chi connectivity index (χ3v) is 4.99. The fourth-order valence-electron chi connectivity index (χ4n) is 3.26. The van der Waals surface area contributed by atoms with Crippen molar-refractivity contribution in [3.8, 4) is 0 Å². The summed E-state index contributed by atoms with van der Waals surface area (Å²) in [4.78, 5) is 62.3. The van der Waals surface area contributed by atoms with E-state index in [0.29, 0.717) is 12.8 Å². The van der Waals surface area contributed by atoms with Gasteiger partial charge in [-0.1, -0.05) is 12.2 Å². The van der Waals surface area contributed by atoms with E-state index < -0.39 is 36.9 Å². The minimum absolute atomic E-state index is 0.119. The van der Waals surface area contributed by atoms with E-state index in [1.165, 1.54) is 7.05 Å². The standard InChI is InChI=1S/C18H23N3O6/c1-20(8-14(22)19-11-6-7-11)15(23)10-27-16(24)9-21-17(25)12-4-2-3-5-13(12)18(21)26/h2-3,11-13H,4-10H2,1H3,(H,19,22)/t12-,13+.